The number of rotatable bonds is 8. The van der Waals surface area contributed by atoms with Crippen LogP contribution in [0.5, 0.6) is 0 Å². The Morgan fingerprint density at radius 3 is 2.74 bits per heavy atom. The zero-order valence-electron chi connectivity index (χ0n) is 13.4. The van der Waals surface area contributed by atoms with Gasteiger partial charge in [0.05, 0.1) is 17.3 Å². The van der Waals surface area contributed by atoms with Crippen LogP contribution in [0.25, 0.3) is 11.3 Å². The highest BCUT2D eigenvalue weighted by Crippen LogP contribution is 2.27. The fraction of sp³-hybridized carbons (Fsp3) is 0.412. The van der Waals surface area contributed by atoms with Gasteiger partial charge in [0.25, 0.3) is 0 Å². The van der Waals surface area contributed by atoms with E-state index in [2.05, 4.69) is 15.5 Å². The molecule has 0 spiro atoms. The first-order valence-corrected chi connectivity index (χ1v) is 8.12. The Morgan fingerprint density at radius 2 is 2.13 bits per heavy atom. The summed E-state index contributed by atoms with van der Waals surface area (Å²) in [7, 11) is 0. The van der Waals surface area contributed by atoms with E-state index in [1.54, 1.807) is 6.20 Å². The molecule has 5 nitrogen and oxygen atoms in total. The third-order valence-corrected chi connectivity index (χ3v) is 4.65. The summed E-state index contributed by atoms with van der Waals surface area (Å²) in [5.74, 6) is -0.753. The summed E-state index contributed by atoms with van der Waals surface area (Å²) in [5, 5.41) is 20.5. The highest BCUT2D eigenvalue weighted by Gasteiger charge is 2.34. The maximum absolute atomic E-state index is 11.5. The number of hydrogen-bond acceptors (Lipinski definition) is 3. The molecule has 0 aliphatic rings. The first-order chi connectivity index (χ1) is 11.0. The van der Waals surface area contributed by atoms with Crippen LogP contribution in [0.1, 0.15) is 32.3 Å². The van der Waals surface area contributed by atoms with Gasteiger partial charge in [-0.1, -0.05) is 37.6 Å². The van der Waals surface area contributed by atoms with Gasteiger partial charge in [-0.15, -0.1) is 0 Å². The molecule has 3 N–H and O–H groups in total. The van der Waals surface area contributed by atoms with Crippen LogP contribution in [0.3, 0.4) is 0 Å². The zero-order valence-corrected chi connectivity index (χ0v) is 14.2. The number of carboxylic acids is 1. The molecule has 0 aliphatic carbocycles. The van der Waals surface area contributed by atoms with E-state index in [1.807, 2.05) is 38.1 Å². The van der Waals surface area contributed by atoms with Gasteiger partial charge < -0.3 is 10.4 Å². The molecule has 1 aromatic heterocycles. The summed E-state index contributed by atoms with van der Waals surface area (Å²) in [4.78, 5) is 11.5. The summed E-state index contributed by atoms with van der Waals surface area (Å²) in [6, 6.07) is 7.54. The zero-order chi connectivity index (χ0) is 16.9. The second-order valence-electron chi connectivity index (χ2n) is 5.68. The van der Waals surface area contributed by atoms with Crippen molar-refractivity contribution in [3.63, 3.8) is 0 Å². The summed E-state index contributed by atoms with van der Waals surface area (Å²) >= 11 is 6.04. The number of H-pyrrole nitrogens is 1. The average Bonchev–Trinajstić information content (AvgIpc) is 3.00. The molecule has 0 saturated carbocycles. The van der Waals surface area contributed by atoms with E-state index in [-0.39, 0.29) is 0 Å². The van der Waals surface area contributed by atoms with Crippen molar-refractivity contribution in [3.05, 3.63) is 41.0 Å². The third-order valence-electron chi connectivity index (χ3n) is 4.42. The number of hydrogen-bond donors (Lipinski definition) is 3. The molecular weight excluding hydrogens is 314 g/mol. The summed E-state index contributed by atoms with van der Waals surface area (Å²) in [6.07, 6.45) is 2.94. The molecule has 0 saturated heterocycles. The molecular formula is C17H22ClN3O2. The van der Waals surface area contributed by atoms with Gasteiger partial charge in [-0.3, -0.25) is 9.89 Å². The highest BCUT2D eigenvalue weighted by atomic mass is 35.5. The van der Waals surface area contributed by atoms with Crippen molar-refractivity contribution in [2.24, 2.45) is 5.41 Å². The van der Waals surface area contributed by atoms with E-state index in [0.29, 0.717) is 31.0 Å². The predicted octanol–water partition coefficient (Wildman–Crippen LogP) is 3.71. The van der Waals surface area contributed by atoms with Crippen LogP contribution in [0, 0.1) is 5.41 Å². The van der Waals surface area contributed by atoms with Gasteiger partial charge in [-0.25, -0.2) is 0 Å². The van der Waals surface area contributed by atoms with Crippen LogP contribution in [0.2, 0.25) is 5.02 Å². The van der Waals surface area contributed by atoms with Gasteiger partial charge >= 0.3 is 5.97 Å². The number of aromatic nitrogens is 2. The van der Waals surface area contributed by atoms with E-state index >= 15 is 0 Å². The van der Waals surface area contributed by atoms with Gasteiger partial charge in [0.1, 0.15) is 0 Å². The number of aromatic amines is 1. The van der Waals surface area contributed by atoms with Crippen LogP contribution in [0.15, 0.2) is 30.5 Å². The standard InChI is InChI=1S/C17H22ClN3O2/c1-3-17(4-2,16(22)23)11-19-9-13-10-20-21-15(13)12-6-5-7-14(18)8-12/h5-8,10,19H,3-4,9,11H2,1-2H3,(H,20,21)(H,22,23). The number of halogens is 1. The first-order valence-electron chi connectivity index (χ1n) is 7.74. The van der Waals surface area contributed by atoms with E-state index < -0.39 is 11.4 Å². The average molecular weight is 336 g/mol. The normalized spacial score (nSPS) is 11.6. The Bertz CT molecular complexity index is 665. The molecule has 2 rings (SSSR count). The highest BCUT2D eigenvalue weighted by molar-refractivity contribution is 6.30. The van der Waals surface area contributed by atoms with Crippen molar-refractivity contribution in [1.29, 1.82) is 0 Å². The second kappa shape index (κ2) is 7.62. The van der Waals surface area contributed by atoms with Crippen molar-refractivity contribution >= 4 is 17.6 Å². The van der Waals surface area contributed by atoms with Crippen molar-refractivity contribution in [2.45, 2.75) is 33.2 Å². The van der Waals surface area contributed by atoms with Crippen LogP contribution in [0.4, 0.5) is 0 Å². The SMILES string of the molecule is CCC(CC)(CNCc1cn[nH]c1-c1cccc(Cl)c1)C(=O)O. The minimum absolute atomic E-state index is 0.426. The topological polar surface area (TPSA) is 78.0 Å². The molecule has 0 unspecified atom stereocenters. The fourth-order valence-corrected chi connectivity index (χ4v) is 2.84. The molecule has 1 aromatic carbocycles. The number of carbonyl (C=O) groups is 1. The van der Waals surface area contributed by atoms with Gasteiger partial charge in [-0.05, 0) is 25.0 Å². The Hall–Kier alpha value is -1.85. The number of nitrogens with one attached hydrogen (secondary N) is 2. The van der Waals surface area contributed by atoms with Crippen molar-refractivity contribution < 1.29 is 9.90 Å². The molecule has 0 fully saturated rings. The van der Waals surface area contributed by atoms with Gasteiger partial charge in [-0.2, -0.15) is 5.10 Å². The summed E-state index contributed by atoms with van der Waals surface area (Å²) < 4.78 is 0. The second-order valence-corrected chi connectivity index (χ2v) is 6.11. The van der Waals surface area contributed by atoms with E-state index in [9.17, 15) is 9.90 Å². The minimum atomic E-state index is -0.753. The number of carboxylic acid groups (broad SMARTS) is 1. The van der Waals surface area contributed by atoms with Crippen LogP contribution >= 0.6 is 11.6 Å². The maximum atomic E-state index is 11.5. The molecule has 0 amide bonds. The number of nitrogens with zero attached hydrogens (tertiary/aromatic N) is 1. The molecule has 23 heavy (non-hydrogen) atoms. The molecule has 2 aromatic rings. The molecule has 0 radical (unpaired) electrons. The van der Waals surface area contributed by atoms with Crippen LogP contribution in [-0.4, -0.2) is 27.8 Å². The molecule has 6 heteroatoms. The van der Waals surface area contributed by atoms with Crippen molar-refractivity contribution in [3.8, 4) is 11.3 Å². The lowest BCUT2D eigenvalue weighted by molar-refractivity contribution is -0.149. The quantitative estimate of drug-likeness (QED) is 0.687. The summed E-state index contributed by atoms with van der Waals surface area (Å²) in [6.45, 7) is 4.80. The molecule has 1 heterocycles. The van der Waals surface area contributed by atoms with E-state index in [4.69, 9.17) is 11.6 Å². The van der Waals surface area contributed by atoms with Gasteiger partial charge in [0.2, 0.25) is 0 Å². The smallest absolute Gasteiger partial charge is 0.310 e. The van der Waals surface area contributed by atoms with E-state index in [1.165, 1.54) is 0 Å². The Morgan fingerprint density at radius 1 is 1.39 bits per heavy atom. The molecule has 0 bridgehead atoms. The van der Waals surface area contributed by atoms with E-state index in [0.717, 1.165) is 16.8 Å². The van der Waals surface area contributed by atoms with Crippen LogP contribution in [-0.2, 0) is 11.3 Å². The number of benzene rings is 1. The Labute approximate surface area is 141 Å². The lowest BCUT2D eigenvalue weighted by Gasteiger charge is -2.27. The van der Waals surface area contributed by atoms with Crippen molar-refractivity contribution in [1.82, 2.24) is 15.5 Å². The Balaban J connectivity index is 2.08. The van der Waals surface area contributed by atoms with Crippen LogP contribution < -0.4 is 5.32 Å². The molecule has 124 valence electrons. The molecule has 0 atom stereocenters. The molecule has 0 aliphatic heterocycles. The monoisotopic (exact) mass is 335 g/mol. The minimum Gasteiger partial charge on any atom is -0.481 e. The predicted molar refractivity (Wildman–Crippen MR) is 91.4 cm³/mol. The van der Waals surface area contributed by atoms with Crippen molar-refractivity contribution in [2.75, 3.05) is 6.54 Å². The lowest BCUT2D eigenvalue weighted by Crippen LogP contribution is -2.40. The summed E-state index contributed by atoms with van der Waals surface area (Å²) in [5.41, 5.74) is 2.12. The lowest BCUT2D eigenvalue weighted by atomic mass is 9.82. The Kier molecular flexibility index (Phi) is 5.80. The third kappa shape index (κ3) is 3.92. The first kappa shape index (κ1) is 17.5. The van der Waals surface area contributed by atoms with Gasteiger partial charge in [0, 0.05) is 29.2 Å². The fourth-order valence-electron chi connectivity index (χ4n) is 2.65. The largest absolute Gasteiger partial charge is 0.481 e. The number of aliphatic carboxylic acids is 1. The maximum Gasteiger partial charge on any atom is 0.310 e. The van der Waals surface area contributed by atoms with Gasteiger partial charge in [0.15, 0.2) is 0 Å².